The van der Waals surface area contributed by atoms with Crippen molar-refractivity contribution in [1.82, 2.24) is 0 Å². The summed E-state index contributed by atoms with van der Waals surface area (Å²) in [5, 5.41) is 11.1. The summed E-state index contributed by atoms with van der Waals surface area (Å²) in [5.74, 6) is -1.35. The third kappa shape index (κ3) is 4.83. The highest BCUT2D eigenvalue weighted by molar-refractivity contribution is 5.94. The fraction of sp³-hybridized carbons (Fsp3) is 0.467. The molecule has 0 heterocycles. The van der Waals surface area contributed by atoms with E-state index >= 15 is 0 Å². The Balaban J connectivity index is 3.21. The molecule has 0 aliphatic rings. The molecule has 0 aliphatic carbocycles. The lowest BCUT2D eigenvalue weighted by molar-refractivity contribution is -0.385. The first-order valence-electron chi connectivity index (χ1n) is 6.81. The summed E-state index contributed by atoms with van der Waals surface area (Å²) in [7, 11) is 0. The van der Waals surface area contributed by atoms with Gasteiger partial charge in [-0.15, -0.1) is 0 Å². The lowest BCUT2D eigenvalue weighted by Gasteiger charge is -2.19. The molecule has 22 heavy (non-hydrogen) atoms. The number of nitrogens with zero attached hydrogens (tertiary/aromatic N) is 1. The second-order valence-electron chi connectivity index (χ2n) is 5.54. The van der Waals surface area contributed by atoms with Gasteiger partial charge in [0.1, 0.15) is 5.60 Å². The van der Waals surface area contributed by atoms with Crippen LogP contribution in [0.2, 0.25) is 0 Å². The summed E-state index contributed by atoms with van der Waals surface area (Å²) in [5.41, 5.74) is -1.02. The Kier molecular flexibility index (Phi) is 5.62. The van der Waals surface area contributed by atoms with Gasteiger partial charge < -0.3 is 9.47 Å². The molecule has 0 unspecified atom stereocenters. The molecule has 0 bridgehead atoms. The number of hydrogen-bond acceptors (Lipinski definition) is 6. The summed E-state index contributed by atoms with van der Waals surface area (Å²) in [6, 6.07) is 4.01. The van der Waals surface area contributed by atoms with Crippen molar-refractivity contribution in [3.8, 4) is 0 Å². The second-order valence-corrected chi connectivity index (χ2v) is 5.54. The smallest absolute Gasteiger partial charge is 0.338 e. The number of ether oxygens (including phenoxy) is 2. The van der Waals surface area contributed by atoms with Gasteiger partial charge in [0.2, 0.25) is 0 Å². The number of benzene rings is 1. The molecule has 7 heteroatoms. The Hall–Kier alpha value is -2.44. The maximum atomic E-state index is 11.9. The van der Waals surface area contributed by atoms with Crippen LogP contribution in [0.3, 0.4) is 0 Å². The van der Waals surface area contributed by atoms with Crippen LogP contribution in [0.25, 0.3) is 0 Å². The number of rotatable bonds is 5. The molecule has 1 rings (SSSR count). The fourth-order valence-corrected chi connectivity index (χ4v) is 1.85. The molecule has 0 saturated heterocycles. The molecule has 0 N–H and O–H groups in total. The lowest BCUT2D eigenvalue weighted by atomic mass is 10.0. The lowest BCUT2D eigenvalue weighted by Crippen LogP contribution is -2.25. The van der Waals surface area contributed by atoms with E-state index in [1.807, 2.05) is 0 Å². The molecular formula is C15H19NO6. The molecule has 0 aromatic heterocycles. The van der Waals surface area contributed by atoms with Crippen LogP contribution in [-0.4, -0.2) is 29.1 Å². The monoisotopic (exact) mass is 309 g/mol. The molecule has 0 amide bonds. The van der Waals surface area contributed by atoms with Crippen molar-refractivity contribution >= 4 is 17.6 Å². The van der Waals surface area contributed by atoms with Crippen molar-refractivity contribution in [3.63, 3.8) is 0 Å². The number of carbonyl (C=O) groups excluding carboxylic acids is 2. The summed E-state index contributed by atoms with van der Waals surface area (Å²) in [6.07, 6.45) is -0.372. The first-order valence-corrected chi connectivity index (χ1v) is 6.81. The Labute approximate surface area is 128 Å². The maximum Gasteiger partial charge on any atom is 0.338 e. The number of carbonyl (C=O) groups is 2. The Bertz CT molecular complexity index is 588. The van der Waals surface area contributed by atoms with Crippen LogP contribution in [-0.2, 0) is 20.7 Å². The summed E-state index contributed by atoms with van der Waals surface area (Å²) in [6.45, 7) is 6.83. The SMILES string of the molecule is CCOC(=O)c1cccc([N+](=O)[O-])c1CC(=O)OC(C)(C)C. The molecular weight excluding hydrogens is 290 g/mol. The van der Waals surface area contributed by atoms with Crippen LogP contribution in [0.5, 0.6) is 0 Å². The number of nitro groups is 1. The molecule has 7 nitrogen and oxygen atoms in total. The average Bonchev–Trinajstić information content (AvgIpc) is 2.36. The topological polar surface area (TPSA) is 95.7 Å². The van der Waals surface area contributed by atoms with E-state index in [1.165, 1.54) is 18.2 Å². The fourth-order valence-electron chi connectivity index (χ4n) is 1.85. The zero-order valence-corrected chi connectivity index (χ0v) is 13.0. The van der Waals surface area contributed by atoms with Gasteiger partial charge in [0.05, 0.1) is 29.1 Å². The highest BCUT2D eigenvalue weighted by Gasteiger charge is 2.26. The first-order chi connectivity index (χ1) is 10.2. The van der Waals surface area contributed by atoms with Crippen LogP contribution < -0.4 is 0 Å². The molecule has 1 aromatic rings. The minimum absolute atomic E-state index is 0.000185. The summed E-state index contributed by atoms with van der Waals surface area (Å²) >= 11 is 0. The standard InChI is InChI=1S/C15H19NO6/c1-5-21-14(18)10-7-6-8-12(16(19)20)11(10)9-13(17)22-15(2,3)4/h6-8H,5,9H2,1-4H3. The molecule has 0 radical (unpaired) electrons. The minimum atomic E-state index is -0.718. The van der Waals surface area contributed by atoms with Gasteiger partial charge in [0, 0.05) is 6.07 Å². The van der Waals surface area contributed by atoms with E-state index in [-0.39, 0.29) is 29.8 Å². The highest BCUT2D eigenvalue weighted by Crippen LogP contribution is 2.25. The minimum Gasteiger partial charge on any atom is -0.462 e. The quantitative estimate of drug-likeness (QED) is 0.471. The molecule has 0 saturated carbocycles. The van der Waals surface area contributed by atoms with Crippen LogP contribution in [0.4, 0.5) is 5.69 Å². The van der Waals surface area contributed by atoms with E-state index in [0.717, 1.165) is 0 Å². The Morgan fingerprint density at radius 1 is 1.27 bits per heavy atom. The maximum absolute atomic E-state index is 11.9. The van der Waals surface area contributed by atoms with Gasteiger partial charge in [0.15, 0.2) is 0 Å². The van der Waals surface area contributed by atoms with Crippen LogP contribution >= 0.6 is 0 Å². The molecule has 0 fully saturated rings. The van der Waals surface area contributed by atoms with Crippen molar-refractivity contribution in [3.05, 3.63) is 39.4 Å². The number of nitro benzene ring substituents is 1. The van der Waals surface area contributed by atoms with Gasteiger partial charge >= 0.3 is 11.9 Å². The van der Waals surface area contributed by atoms with Crippen molar-refractivity contribution in [2.24, 2.45) is 0 Å². The Morgan fingerprint density at radius 3 is 2.41 bits per heavy atom. The third-order valence-corrected chi connectivity index (χ3v) is 2.58. The van der Waals surface area contributed by atoms with Crippen LogP contribution in [0, 0.1) is 10.1 Å². The van der Waals surface area contributed by atoms with E-state index in [4.69, 9.17) is 9.47 Å². The largest absolute Gasteiger partial charge is 0.462 e. The van der Waals surface area contributed by atoms with Gasteiger partial charge in [-0.1, -0.05) is 6.07 Å². The molecule has 0 spiro atoms. The van der Waals surface area contributed by atoms with Crippen molar-refractivity contribution < 1.29 is 24.0 Å². The van der Waals surface area contributed by atoms with E-state index in [2.05, 4.69) is 0 Å². The summed E-state index contributed by atoms with van der Waals surface area (Å²) in [4.78, 5) is 34.3. The summed E-state index contributed by atoms with van der Waals surface area (Å²) < 4.78 is 10.0. The van der Waals surface area contributed by atoms with E-state index in [0.29, 0.717) is 0 Å². The highest BCUT2D eigenvalue weighted by atomic mass is 16.6. The average molecular weight is 309 g/mol. The normalized spacial score (nSPS) is 10.9. The molecule has 120 valence electrons. The third-order valence-electron chi connectivity index (χ3n) is 2.58. The van der Waals surface area contributed by atoms with Gasteiger partial charge in [-0.05, 0) is 33.8 Å². The van der Waals surface area contributed by atoms with E-state index in [1.54, 1.807) is 27.7 Å². The van der Waals surface area contributed by atoms with E-state index < -0.39 is 22.5 Å². The van der Waals surface area contributed by atoms with Crippen LogP contribution in [0.15, 0.2) is 18.2 Å². The van der Waals surface area contributed by atoms with Crippen molar-refractivity contribution in [2.75, 3.05) is 6.61 Å². The number of esters is 2. The molecule has 0 aliphatic heterocycles. The van der Waals surface area contributed by atoms with E-state index in [9.17, 15) is 19.7 Å². The zero-order chi connectivity index (χ0) is 16.9. The van der Waals surface area contributed by atoms with Crippen LogP contribution in [0.1, 0.15) is 43.6 Å². The van der Waals surface area contributed by atoms with Crippen molar-refractivity contribution in [2.45, 2.75) is 39.7 Å². The predicted molar refractivity (Wildman–Crippen MR) is 78.6 cm³/mol. The predicted octanol–water partition coefficient (Wildman–Crippen LogP) is 2.66. The molecule has 1 aromatic carbocycles. The van der Waals surface area contributed by atoms with Gasteiger partial charge in [0.25, 0.3) is 5.69 Å². The van der Waals surface area contributed by atoms with Gasteiger partial charge in [-0.2, -0.15) is 0 Å². The zero-order valence-electron chi connectivity index (χ0n) is 13.0. The van der Waals surface area contributed by atoms with Gasteiger partial charge in [-0.3, -0.25) is 14.9 Å². The van der Waals surface area contributed by atoms with Crippen molar-refractivity contribution in [1.29, 1.82) is 0 Å². The number of hydrogen-bond donors (Lipinski definition) is 0. The Morgan fingerprint density at radius 2 is 1.91 bits per heavy atom. The second kappa shape index (κ2) is 7.02. The first kappa shape index (κ1) is 17.6. The molecule has 0 atom stereocenters. The van der Waals surface area contributed by atoms with Gasteiger partial charge in [-0.25, -0.2) is 4.79 Å².